The van der Waals surface area contributed by atoms with E-state index in [4.69, 9.17) is 28.3 Å². The molecule has 0 radical (unpaired) electrons. The molecule has 0 aliphatic heterocycles. The fourth-order valence-electron chi connectivity index (χ4n) is 0.556. The van der Waals surface area contributed by atoms with E-state index in [9.17, 15) is 0 Å². The van der Waals surface area contributed by atoms with Crippen molar-refractivity contribution in [2.24, 2.45) is 0 Å². The van der Waals surface area contributed by atoms with Crippen LogP contribution in [0.2, 0.25) is 0 Å². The zero-order valence-electron chi connectivity index (χ0n) is 6.80. The molecule has 0 heterocycles. The van der Waals surface area contributed by atoms with Gasteiger partial charge in [0.1, 0.15) is 7.51 Å². The molecule has 0 spiro atoms. The number of hydrogen-bond donors (Lipinski definition) is 0. The molecule has 0 aliphatic carbocycles. The minimum atomic E-state index is 0.557. The molecule has 0 aromatic rings. The number of hydrogen-bond acceptors (Lipinski definition) is 2. The first-order chi connectivity index (χ1) is 5.13. The maximum atomic E-state index is 5.74. The van der Waals surface area contributed by atoms with E-state index in [0.717, 1.165) is 5.57 Å². The first kappa shape index (κ1) is 11.2. The highest BCUT2D eigenvalue weighted by atomic mass is 35.5. The number of halogens is 1. The Morgan fingerprint density at radius 2 is 2.18 bits per heavy atom. The van der Waals surface area contributed by atoms with Gasteiger partial charge in [0.2, 0.25) is 5.88 Å². The smallest absolute Gasteiger partial charge is 0.211 e. The largest absolute Gasteiger partial charge is 0.478 e. The van der Waals surface area contributed by atoms with Crippen LogP contribution in [0.1, 0.15) is 20.8 Å². The van der Waals surface area contributed by atoms with Crippen molar-refractivity contribution in [2.75, 3.05) is 6.61 Å². The lowest BCUT2D eigenvalue weighted by molar-refractivity contribution is 0.192. The van der Waals surface area contributed by atoms with Gasteiger partial charge in [0, 0.05) is 11.8 Å². The van der Waals surface area contributed by atoms with Crippen LogP contribution in [0.4, 0.5) is 0 Å². The average molecular weight is 212 g/mol. The molecule has 0 saturated heterocycles. The van der Waals surface area contributed by atoms with Crippen LogP contribution in [0.3, 0.4) is 0 Å². The number of rotatable bonds is 4. The van der Waals surface area contributed by atoms with Crippen LogP contribution in [0, 0.1) is 0 Å². The SMILES string of the molecule is CCOC(=C(C)C)N(Cl)P=S. The summed E-state index contributed by atoms with van der Waals surface area (Å²) in [4.78, 5) is 0. The lowest BCUT2D eigenvalue weighted by Crippen LogP contribution is -2.04. The van der Waals surface area contributed by atoms with Crippen LogP contribution in [-0.2, 0) is 16.5 Å². The second-order valence-electron chi connectivity index (χ2n) is 2.08. The van der Waals surface area contributed by atoms with Gasteiger partial charge >= 0.3 is 0 Å². The first-order valence-electron chi connectivity index (χ1n) is 3.23. The zero-order valence-corrected chi connectivity index (χ0v) is 9.26. The minimum absolute atomic E-state index is 0.557. The van der Waals surface area contributed by atoms with Gasteiger partial charge in [-0.15, -0.1) is 0 Å². The second kappa shape index (κ2) is 5.76. The summed E-state index contributed by atoms with van der Waals surface area (Å²) in [5.41, 5.74) is 1.03. The molecule has 0 atom stereocenters. The molecule has 0 fully saturated rings. The van der Waals surface area contributed by atoms with Gasteiger partial charge in [-0.25, -0.2) is 0 Å². The maximum Gasteiger partial charge on any atom is 0.211 e. The molecular weight excluding hydrogens is 201 g/mol. The Morgan fingerprint density at radius 1 is 1.64 bits per heavy atom. The zero-order chi connectivity index (χ0) is 8.85. The van der Waals surface area contributed by atoms with E-state index in [1.807, 2.05) is 20.8 Å². The van der Waals surface area contributed by atoms with Gasteiger partial charge < -0.3 is 4.74 Å². The molecular formula is C6H11ClNOPS. The van der Waals surface area contributed by atoms with Gasteiger partial charge in [0.25, 0.3) is 0 Å². The van der Waals surface area contributed by atoms with Crippen LogP contribution in [0.5, 0.6) is 0 Å². The van der Waals surface area contributed by atoms with E-state index in [1.165, 1.54) is 4.19 Å². The second-order valence-corrected chi connectivity index (χ2v) is 3.71. The van der Waals surface area contributed by atoms with Gasteiger partial charge in [-0.2, -0.15) is 4.19 Å². The lowest BCUT2D eigenvalue weighted by atomic mass is 10.4. The van der Waals surface area contributed by atoms with Crippen molar-refractivity contribution in [3.63, 3.8) is 0 Å². The van der Waals surface area contributed by atoms with Crippen molar-refractivity contribution in [1.29, 1.82) is 0 Å². The molecule has 0 saturated carbocycles. The summed E-state index contributed by atoms with van der Waals surface area (Å²) in [6.45, 7) is 6.38. The van der Waals surface area contributed by atoms with Gasteiger partial charge in [-0.1, -0.05) is 0 Å². The molecule has 0 aliphatic rings. The molecule has 2 nitrogen and oxygen atoms in total. The minimum Gasteiger partial charge on any atom is -0.478 e. The predicted molar refractivity (Wildman–Crippen MR) is 52.0 cm³/mol. The van der Waals surface area contributed by atoms with Crippen molar-refractivity contribution in [1.82, 2.24) is 4.19 Å². The van der Waals surface area contributed by atoms with E-state index in [1.54, 1.807) is 0 Å². The highest BCUT2D eigenvalue weighted by molar-refractivity contribution is 7.95. The molecule has 0 amide bonds. The standard InChI is InChI=1S/C6H11ClNOPS/c1-4-9-6(5(2)3)8(7)10-11/h4H2,1-3H3. The van der Waals surface area contributed by atoms with E-state index in [2.05, 4.69) is 0 Å². The van der Waals surface area contributed by atoms with Crippen molar-refractivity contribution >= 4 is 31.1 Å². The van der Waals surface area contributed by atoms with Crippen molar-refractivity contribution in [2.45, 2.75) is 20.8 Å². The average Bonchev–Trinajstić information content (AvgIpc) is 1.98. The summed E-state index contributed by atoms with van der Waals surface area (Å²) in [6, 6.07) is 0. The normalized spacial score (nSPS) is 9.45. The van der Waals surface area contributed by atoms with E-state index in [-0.39, 0.29) is 0 Å². The summed E-state index contributed by atoms with van der Waals surface area (Å²) >= 11 is 10.5. The molecule has 11 heavy (non-hydrogen) atoms. The molecule has 5 heteroatoms. The molecule has 0 rings (SSSR count). The third kappa shape index (κ3) is 3.90. The van der Waals surface area contributed by atoms with Crippen LogP contribution in [0.15, 0.2) is 11.5 Å². The van der Waals surface area contributed by atoms with Crippen LogP contribution in [-0.4, -0.2) is 10.8 Å². The molecule has 0 aromatic heterocycles. The van der Waals surface area contributed by atoms with Gasteiger partial charge in [-0.05, 0) is 38.2 Å². The van der Waals surface area contributed by atoms with Crippen LogP contribution < -0.4 is 0 Å². The summed E-state index contributed by atoms with van der Waals surface area (Å²) in [5, 5.41) is 0. The summed E-state index contributed by atoms with van der Waals surface area (Å²) in [5.74, 6) is 0.658. The Labute approximate surface area is 79.2 Å². The van der Waals surface area contributed by atoms with Crippen LogP contribution in [0.25, 0.3) is 0 Å². The van der Waals surface area contributed by atoms with E-state index >= 15 is 0 Å². The van der Waals surface area contributed by atoms with Gasteiger partial charge in [0.15, 0.2) is 0 Å². The molecule has 0 N–H and O–H groups in total. The third-order valence-corrected chi connectivity index (χ3v) is 2.41. The quantitative estimate of drug-likeness (QED) is 0.403. The lowest BCUT2D eigenvalue weighted by Gasteiger charge is -2.14. The van der Waals surface area contributed by atoms with Crippen molar-refractivity contribution in [3.05, 3.63) is 11.5 Å². The van der Waals surface area contributed by atoms with Gasteiger partial charge in [-0.3, -0.25) is 0 Å². The number of allylic oxidation sites excluding steroid dienone is 1. The Hall–Kier alpha value is 0.150. The fraction of sp³-hybridized carbons (Fsp3) is 0.667. The summed E-state index contributed by atoms with van der Waals surface area (Å²) in [7, 11) is 0.557. The third-order valence-electron chi connectivity index (χ3n) is 0.948. The first-order valence-corrected chi connectivity index (χ1v) is 5.42. The van der Waals surface area contributed by atoms with Crippen LogP contribution >= 0.6 is 19.3 Å². The van der Waals surface area contributed by atoms with E-state index < -0.39 is 0 Å². The monoisotopic (exact) mass is 211 g/mol. The van der Waals surface area contributed by atoms with E-state index in [0.29, 0.717) is 20.0 Å². The Bertz CT molecular complexity index is 170. The molecule has 0 bridgehead atoms. The Morgan fingerprint density at radius 3 is 2.45 bits per heavy atom. The highest BCUT2D eigenvalue weighted by Crippen LogP contribution is 2.21. The Kier molecular flexibility index (Phi) is 5.83. The predicted octanol–water partition coefficient (Wildman–Crippen LogP) is 3.05. The fourth-order valence-corrected chi connectivity index (χ4v) is 1.33. The molecule has 64 valence electrons. The summed E-state index contributed by atoms with van der Waals surface area (Å²) < 4.78 is 6.63. The Balaban J connectivity index is 4.34. The number of nitrogens with zero attached hydrogens (tertiary/aromatic N) is 1. The van der Waals surface area contributed by atoms with Crippen molar-refractivity contribution in [3.8, 4) is 0 Å². The molecule has 0 aromatic carbocycles. The van der Waals surface area contributed by atoms with Gasteiger partial charge in [0.05, 0.1) is 6.61 Å². The molecule has 0 unspecified atom stereocenters. The summed E-state index contributed by atoms with van der Waals surface area (Å²) in [6.07, 6.45) is 0. The highest BCUT2D eigenvalue weighted by Gasteiger charge is 2.06. The number of ether oxygens (including phenoxy) is 1. The maximum absolute atomic E-state index is 5.74. The topological polar surface area (TPSA) is 12.5 Å². The van der Waals surface area contributed by atoms with Crippen molar-refractivity contribution < 1.29 is 4.74 Å².